The predicted molar refractivity (Wildman–Crippen MR) is 79.5 cm³/mol. The molecule has 1 amide bonds. The fourth-order valence-electron chi connectivity index (χ4n) is 3.13. The topological polar surface area (TPSA) is 46.3 Å². The van der Waals surface area contributed by atoms with Crippen LogP contribution in [0.2, 0.25) is 0 Å². The van der Waals surface area contributed by atoms with Crippen LogP contribution in [0.15, 0.2) is 54.6 Å². The summed E-state index contributed by atoms with van der Waals surface area (Å²) in [6.45, 7) is 0.522. The second-order valence-electron chi connectivity index (χ2n) is 5.20. The molecule has 0 unspecified atom stereocenters. The van der Waals surface area contributed by atoms with Gasteiger partial charge >= 0.3 is 0 Å². The zero-order chi connectivity index (χ0) is 14.1. The van der Waals surface area contributed by atoms with Gasteiger partial charge in [0, 0.05) is 25.1 Å². The zero-order valence-electron chi connectivity index (χ0n) is 11.5. The lowest BCUT2D eigenvalue weighted by atomic mass is 9.80. The number of hydrogen-bond acceptors (Lipinski definition) is 2. The van der Waals surface area contributed by atoms with Gasteiger partial charge in [-0.2, -0.15) is 0 Å². The minimum absolute atomic E-state index is 0.00333. The second-order valence-corrected chi connectivity index (χ2v) is 5.20. The van der Waals surface area contributed by atoms with Crippen LogP contribution in [0.3, 0.4) is 0 Å². The first kappa shape index (κ1) is 12.9. The van der Waals surface area contributed by atoms with Gasteiger partial charge in [-0.15, -0.1) is 0 Å². The summed E-state index contributed by atoms with van der Waals surface area (Å²) in [4.78, 5) is 14.4. The molecule has 20 heavy (non-hydrogen) atoms. The first-order chi connectivity index (χ1) is 9.74. The first-order valence-electron chi connectivity index (χ1n) is 6.85. The maximum atomic E-state index is 12.5. The van der Waals surface area contributed by atoms with Crippen molar-refractivity contribution in [2.45, 2.75) is 12.0 Å². The molecule has 0 saturated carbocycles. The van der Waals surface area contributed by atoms with E-state index >= 15 is 0 Å². The Labute approximate surface area is 119 Å². The first-order valence-corrected chi connectivity index (χ1v) is 6.85. The molecule has 3 heteroatoms. The Hall–Kier alpha value is -2.13. The molecule has 2 aromatic carbocycles. The van der Waals surface area contributed by atoms with Gasteiger partial charge in [0.1, 0.15) is 0 Å². The predicted octanol–water partition coefficient (Wildman–Crippen LogP) is 2.56. The molecule has 0 aliphatic carbocycles. The van der Waals surface area contributed by atoms with Crippen molar-refractivity contribution in [2.75, 3.05) is 13.6 Å². The Morgan fingerprint density at radius 2 is 1.70 bits per heavy atom. The number of nitrogens with two attached hydrogens (primary N) is 1. The number of hydrogen-bond donors (Lipinski definition) is 1. The van der Waals surface area contributed by atoms with E-state index in [0.717, 1.165) is 16.7 Å². The summed E-state index contributed by atoms with van der Waals surface area (Å²) in [5, 5.41) is 0. The van der Waals surface area contributed by atoms with E-state index in [4.69, 9.17) is 5.73 Å². The Kier molecular flexibility index (Phi) is 3.28. The van der Waals surface area contributed by atoms with Gasteiger partial charge in [0.2, 0.25) is 0 Å². The molecule has 0 radical (unpaired) electrons. The fraction of sp³-hybridized carbons (Fsp3) is 0.235. The zero-order valence-corrected chi connectivity index (χ0v) is 11.5. The minimum Gasteiger partial charge on any atom is -0.334 e. The van der Waals surface area contributed by atoms with Crippen molar-refractivity contribution in [2.24, 2.45) is 5.73 Å². The Balaban J connectivity index is 2.14. The third kappa shape index (κ3) is 1.91. The van der Waals surface area contributed by atoms with Crippen molar-refractivity contribution >= 4 is 5.91 Å². The highest BCUT2D eigenvalue weighted by atomic mass is 16.2. The SMILES string of the molecule is CN1C(=O)c2ccccc2[C@H](CN)[C@H]1c1ccccc1. The number of nitrogens with zero attached hydrogens (tertiary/aromatic N) is 1. The highest BCUT2D eigenvalue weighted by molar-refractivity contribution is 5.97. The summed E-state index contributed by atoms with van der Waals surface area (Å²) in [6.07, 6.45) is 0. The molecule has 0 bridgehead atoms. The van der Waals surface area contributed by atoms with Gasteiger partial charge in [0.25, 0.3) is 5.91 Å². The van der Waals surface area contributed by atoms with E-state index in [2.05, 4.69) is 12.1 Å². The van der Waals surface area contributed by atoms with Gasteiger partial charge in [0.05, 0.1) is 6.04 Å². The second kappa shape index (κ2) is 5.10. The quantitative estimate of drug-likeness (QED) is 0.908. The molecule has 0 saturated heterocycles. The fourth-order valence-corrected chi connectivity index (χ4v) is 3.13. The molecule has 2 atom stereocenters. The van der Waals surface area contributed by atoms with Crippen molar-refractivity contribution in [3.8, 4) is 0 Å². The summed E-state index contributed by atoms with van der Waals surface area (Å²) in [5.41, 5.74) is 8.99. The summed E-state index contributed by atoms with van der Waals surface area (Å²) in [6, 6.07) is 17.9. The van der Waals surface area contributed by atoms with Crippen LogP contribution < -0.4 is 5.73 Å². The standard InChI is InChI=1S/C17H18N2O/c1-19-16(12-7-3-2-4-8-12)15(11-18)13-9-5-6-10-14(13)17(19)20/h2-10,15-16H,11,18H2,1H3/t15-,16+/m0/s1. The number of rotatable bonds is 2. The molecule has 0 spiro atoms. The van der Waals surface area contributed by atoms with Gasteiger partial charge in [-0.25, -0.2) is 0 Å². The smallest absolute Gasteiger partial charge is 0.254 e. The molecule has 0 fully saturated rings. The van der Waals surface area contributed by atoms with Gasteiger partial charge in [0.15, 0.2) is 0 Å². The summed E-state index contributed by atoms with van der Waals surface area (Å²) < 4.78 is 0. The maximum Gasteiger partial charge on any atom is 0.254 e. The van der Waals surface area contributed by atoms with E-state index < -0.39 is 0 Å². The van der Waals surface area contributed by atoms with E-state index in [-0.39, 0.29) is 17.9 Å². The molecule has 3 rings (SSSR count). The maximum absolute atomic E-state index is 12.5. The van der Waals surface area contributed by atoms with E-state index in [1.54, 1.807) is 0 Å². The van der Waals surface area contributed by atoms with E-state index in [0.29, 0.717) is 6.54 Å². The van der Waals surface area contributed by atoms with E-state index in [9.17, 15) is 4.79 Å². The molecule has 1 heterocycles. The summed E-state index contributed by atoms with van der Waals surface area (Å²) in [7, 11) is 1.86. The molecular weight excluding hydrogens is 248 g/mol. The molecule has 2 N–H and O–H groups in total. The number of amides is 1. The molecule has 102 valence electrons. The lowest BCUT2D eigenvalue weighted by Crippen LogP contribution is -2.42. The molecular formula is C17H18N2O. The third-order valence-corrected chi connectivity index (χ3v) is 4.10. The summed E-state index contributed by atoms with van der Waals surface area (Å²) in [5.74, 6) is 0.204. The number of carbonyl (C=O) groups is 1. The molecule has 1 aliphatic rings. The van der Waals surface area contributed by atoms with Gasteiger partial charge in [-0.05, 0) is 17.2 Å². The van der Waals surface area contributed by atoms with Crippen LogP contribution in [0.5, 0.6) is 0 Å². The van der Waals surface area contributed by atoms with Crippen LogP contribution >= 0.6 is 0 Å². The van der Waals surface area contributed by atoms with E-state index in [1.165, 1.54) is 0 Å². The number of fused-ring (bicyclic) bond motifs is 1. The average Bonchev–Trinajstić information content (AvgIpc) is 2.51. The highest BCUT2D eigenvalue weighted by Crippen LogP contribution is 2.40. The third-order valence-electron chi connectivity index (χ3n) is 4.10. The van der Waals surface area contributed by atoms with Crippen molar-refractivity contribution in [1.29, 1.82) is 0 Å². The van der Waals surface area contributed by atoms with Crippen LogP contribution in [0.25, 0.3) is 0 Å². The van der Waals surface area contributed by atoms with Crippen molar-refractivity contribution in [1.82, 2.24) is 4.90 Å². The Bertz CT molecular complexity index is 624. The lowest BCUT2D eigenvalue weighted by Gasteiger charge is -2.40. The van der Waals surface area contributed by atoms with Crippen molar-refractivity contribution in [3.05, 3.63) is 71.3 Å². The number of likely N-dealkylation sites (N-methyl/N-ethyl adjacent to an activating group) is 1. The van der Waals surface area contributed by atoms with Gasteiger partial charge in [-0.1, -0.05) is 48.5 Å². The summed E-state index contributed by atoms with van der Waals surface area (Å²) >= 11 is 0. The molecule has 1 aliphatic heterocycles. The van der Waals surface area contributed by atoms with Crippen molar-refractivity contribution < 1.29 is 4.79 Å². The minimum atomic E-state index is 0.00333. The lowest BCUT2D eigenvalue weighted by molar-refractivity contribution is 0.0674. The van der Waals surface area contributed by atoms with Crippen molar-refractivity contribution in [3.63, 3.8) is 0 Å². The Morgan fingerprint density at radius 1 is 1.05 bits per heavy atom. The van der Waals surface area contributed by atoms with Crippen LogP contribution in [0, 0.1) is 0 Å². The number of benzene rings is 2. The molecule has 2 aromatic rings. The van der Waals surface area contributed by atoms with Crippen LogP contribution in [-0.4, -0.2) is 24.4 Å². The normalized spacial score (nSPS) is 21.7. The molecule has 3 nitrogen and oxygen atoms in total. The van der Waals surface area contributed by atoms with Crippen LogP contribution in [-0.2, 0) is 0 Å². The Morgan fingerprint density at radius 3 is 2.40 bits per heavy atom. The average molecular weight is 266 g/mol. The van der Waals surface area contributed by atoms with Gasteiger partial charge in [-0.3, -0.25) is 4.79 Å². The largest absolute Gasteiger partial charge is 0.334 e. The highest BCUT2D eigenvalue weighted by Gasteiger charge is 2.37. The van der Waals surface area contributed by atoms with E-state index in [1.807, 2.05) is 54.4 Å². The molecule has 0 aromatic heterocycles. The van der Waals surface area contributed by atoms with Gasteiger partial charge < -0.3 is 10.6 Å². The van der Waals surface area contributed by atoms with Crippen LogP contribution in [0.1, 0.15) is 33.4 Å². The monoisotopic (exact) mass is 266 g/mol. The number of carbonyl (C=O) groups excluding carboxylic acids is 1. The van der Waals surface area contributed by atoms with Crippen LogP contribution in [0.4, 0.5) is 0 Å².